The number of amides is 2. The summed E-state index contributed by atoms with van der Waals surface area (Å²) in [5.74, 6) is 1.47. The van der Waals surface area contributed by atoms with Crippen LogP contribution in [0.2, 0.25) is 18.1 Å². The summed E-state index contributed by atoms with van der Waals surface area (Å²) < 4.78 is 14.6. The van der Waals surface area contributed by atoms with Crippen LogP contribution in [0.25, 0.3) is 0 Å². The van der Waals surface area contributed by atoms with Crippen molar-refractivity contribution in [1.29, 1.82) is 0 Å². The number of nitrogens with one attached hydrogen (secondary N) is 3. The van der Waals surface area contributed by atoms with E-state index in [1.807, 2.05) is 35.7 Å². The van der Waals surface area contributed by atoms with Crippen molar-refractivity contribution in [2.45, 2.75) is 107 Å². The molecule has 1 aromatic carbocycles. The highest BCUT2D eigenvalue weighted by Crippen LogP contribution is 2.60. The summed E-state index contributed by atoms with van der Waals surface area (Å²) in [6.07, 6.45) is 4.98. The molecular formula is C33H50N4O7S2Si. The van der Waals surface area contributed by atoms with Crippen molar-refractivity contribution < 1.29 is 24.0 Å². The highest BCUT2D eigenvalue weighted by Gasteiger charge is 2.53. The number of aromatic amines is 1. The van der Waals surface area contributed by atoms with Crippen molar-refractivity contribution in [2.75, 3.05) is 23.4 Å². The summed E-state index contributed by atoms with van der Waals surface area (Å²) in [6.45, 7) is 13.2. The predicted octanol–water partition coefficient (Wildman–Crippen LogP) is 5.89. The summed E-state index contributed by atoms with van der Waals surface area (Å²) in [5, 5.41) is 11.6. The first-order valence-corrected chi connectivity index (χ1v) is 21.3. The number of unbranched alkanes of at least 4 members (excludes halogenated alkanes) is 2. The minimum Gasteiger partial charge on any atom is -0.414 e. The van der Waals surface area contributed by atoms with Gasteiger partial charge in [-0.1, -0.05) is 39.3 Å². The lowest BCUT2D eigenvalue weighted by Gasteiger charge is -2.44. The number of aromatic nitrogens is 2. The number of anilines is 1. The van der Waals surface area contributed by atoms with E-state index >= 15 is 0 Å². The molecule has 3 atom stereocenters. The van der Waals surface area contributed by atoms with Crippen molar-refractivity contribution in [3.8, 4) is 0 Å². The van der Waals surface area contributed by atoms with Crippen molar-refractivity contribution in [3.63, 3.8) is 0 Å². The Morgan fingerprint density at radius 2 is 1.72 bits per heavy atom. The van der Waals surface area contributed by atoms with E-state index in [4.69, 9.17) is 14.4 Å². The smallest absolute Gasteiger partial charge is 0.330 e. The minimum atomic E-state index is -2.11. The Hall–Kier alpha value is -2.36. The third kappa shape index (κ3) is 9.21. The number of nitrogens with zero attached hydrogens (tertiary/aromatic N) is 1. The second-order valence-electron chi connectivity index (χ2n) is 14.0. The zero-order valence-electron chi connectivity index (χ0n) is 28.4. The van der Waals surface area contributed by atoms with Crippen LogP contribution in [-0.4, -0.2) is 59.1 Å². The van der Waals surface area contributed by atoms with E-state index in [1.165, 1.54) is 4.57 Å². The molecule has 14 heteroatoms. The summed E-state index contributed by atoms with van der Waals surface area (Å²) in [5.41, 5.74) is 3.04. The van der Waals surface area contributed by atoms with Gasteiger partial charge >= 0.3 is 5.69 Å². The molecule has 47 heavy (non-hydrogen) atoms. The summed E-state index contributed by atoms with van der Waals surface area (Å²) >= 11 is 3.82. The molecular weight excluding hydrogens is 657 g/mol. The topological polar surface area (TPSA) is 152 Å². The monoisotopic (exact) mass is 706 g/mol. The number of hydroxylamine groups is 1. The molecule has 2 fully saturated rings. The van der Waals surface area contributed by atoms with Gasteiger partial charge in [0.05, 0.1) is 16.8 Å². The SMILES string of the molecule is Cc1cn([C@H]2C[C@H](C3(c4ccc(NC(=O)CCCCCC(=O)NO)cc4)SCCCS3)[C@@H](CO[Si](C)(C)C(C)(C)C)O2)c(=O)[nH]c1=O. The molecule has 0 unspecified atom stereocenters. The Bertz CT molecular complexity index is 1500. The largest absolute Gasteiger partial charge is 0.414 e. The van der Waals surface area contributed by atoms with Gasteiger partial charge in [-0.25, -0.2) is 10.3 Å². The Kier molecular flexibility index (Phi) is 12.7. The van der Waals surface area contributed by atoms with Crippen LogP contribution in [0.15, 0.2) is 40.1 Å². The van der Waals surface area contributed by atoms with Gasteiger partial charge in [0.2, 0.25) is 11.8 Å². The number of hydrogen-bond donors (Lipinski definition) is 4. The predicted molar refractivity (Wildman–Crippen MR) is 191 cm³/mol. The van der Waals surface area contributed by atoms with E-state index in [-0.39, 0.29) is 33.5 Å². The zero-order chi connectivity index (χ0) is 34.4. The number of thioether (sulfide) groups is 2. The first kappa shape index (κ1) is 37.5. The van der Waals surface area contributed by atoms with E-state index in [0.717, 1.165) is 23.5 Å². The van der Waals surface area contributed by atoms with Crippen molar-refractivity contribution in [3.05, 3.63) is 62.4 Å². The van der Waals surface area contributed by atoms with Gasteiger partial charge in [0.25, 0.3) is 5.56 Å². The maximum Gasteiger partial charge on any atom is 0.330 e. The van der Waals surface area contributed by atoms with E-state index in [0.29, 0.717) is 50.0 Å². The molecule has 4 rings (SSSR count). The first-order valence-electron chi connectivity index (χ1n) is 16.4. The average molecular weight is 707 g/mol. The van der Waals surface area contributed by atoms with Gasteiger partial charge in [0, 0.05) is 42.6 Å². The standard InChI is InChI=1S/C33H50N4O7S2Si/c1-22-20-37(31(41)35-30(22)40)29-19-25(26(44-29)21-43-47(5,6)32(2,3)4)33(45-17-10-18-46-33)23-13-15-24(16-14-23)34-27(38)11-8-7-9-12-28(39)36-42/h13-16,20,25-26,29,42H,7-12,17-19,21H2,1-6H3,(H,34,38)(H,36,39)(H,35,40,41)/t25-,26+,29+/m0/s1. The Morgan fingerprint density at radius 3 is 2.34 bits per heavy atom. The molecule has 0 bridgehead atoms. The second-order valence-corrected chi connectivity index (χ2v) is 21.7. The molecule has 2 aromatic rings. The fourth-order valence-electron chi connectivity index (χ4n) is 5.72. The van der Waals surface area contributed by atoms with Crippen LogP contribution in [0, 0.1) is 12.8 Å². The number of carbonyl (C=O) groups excluding carboxylic acids is 2. The molecule has 0 saturated carbocycles. The van der Waals surface area contributed by atoms with E-state index in [9.17, 15) is 19.2 Å². The molecule has 0 spiro atoms. The number of benzene rings is 1. The van der Waals surface area contributed by atoms with Crippen LogP contribution in [0.5, 0.6) is 0 Å². The van der Waals surface area contributed by atoms with E-state index in [2.05, 4.69) is 56.3 Å². The van der Waals surface area contributed by atoms with Gasteiger partial charge in [-0.15, -0.1) is 23.5 Å². The molecule has 2 aliphatic rings. The molecule has 4 N–H and O–H groups in total. The fraction of sp³-hybridized carbons (Fsp3) is 0.636. The van der Waals surface area contributed by atoms with Crippen LogP contribution in [-0.2, 0) is 22.8 Å². The molecule has 2 amide bonds. The summed E-state index contributed by atoms with van der Waals surface area (Å²) in [7, 11) is -2.11. The van der Waals surface area contributed by atoms with Gasteiger partial charge in [0.15, 0.2) is 8.32 Å². The molecule has 11 nitrogen and oxygen atoms in total. The maximum absolute atomic E-state index is 13.0. The first-order chi connectivity index (χ1) is 22.2. The van der Waals surface area contributed by atoms with Crippen LogP contribution < -0.4 is 22.0 Å². The number of aryl methyl sites for hydroxylation is 1. The quantitative estimate of drug-likeness (QED) is 0.0865. The minimum absolute atomic E-state index is 0.0000542. The molecule has 0 aliphatic carbocycles. The molecule has 260 valence electrons. The lowest BCUT2D eigenvalue weighted by atomic mass is 9.91. The van der Waals surface area contributed by atoms with E-state index in [1.54, 1.807) is 18.6 Å². The number of rotatable bonds is 13. The molecule has 0 radical (unpaired) electrons. The van der Waals surface area contributed by atoms with Gasteiger partial charge in [-0.3, -0.25) is 29.1 Å². The summed E-state index contributed by atoms with van der Waals surface area (Å²) in [4.78, 5) is 51.3. The Labute approximate surface area is 286 Å². The van der Waals surface area contributed by atoms with E-state index < -0.39 is 31.7 Å². The fourth-order valence-corrected chi connectivity index (χ4v) is 10.5. The van der Waals surface area contributed by atoms with Crippen LogP contribution in [0.4, 0.5) is 5.69 Å². The maximum atomic E-state index is 13.0. The zero-order valence-corrected chi connectivity index (χ0v) is 31.0. The Morgan fingerprint density at radius 1 is 1.09 bits per heavy atom. The molecule has 1 aromatic heterocycles. The van der Waals surface area contributed by atoms with Crippen LogP contribution in [0.3, 0.4) is 0 Å². The normalized spacial score (nSPS) is 21.4. The second kappa shape index (κ2) is 15.9. The van der Waals surface area contributed by atoms with Crippen LogP contribution >= 0.6 is 23.5 Å². The summed E-state index contributed by atoms with van der Waals surface area (Å²) in [6, 6.07) is 8.06. The number of ether oxygens (including phenoxy) is 1. The third-order valence-electron chi connectivity index (χ3n) is 9.52. The molecule has 2 aliphatic heterocycles. The number of hydrogen-bond acceptors (Lipinski definition) is 9. The average Bonchev–Trinajstić information content (AvgIpc) is 3.46. The lowest BCUT2D eigenvalue weighted by molar-refractivity contribution is -0.129. The third-order valence-corrected chi connectivity index (χ3v) is 17.6. The highest BCUT2D eigenvalue weighted by molar-refractivity contribution is 8.18. The van der Waals surface area contributed by atoms with Gasteiger partial charge in [-0.2, -0.15) is 0 Å². The Balaban J connectivity index is 1.57. The van der Waals surface area contributed by atoms with Crippen molar-refractivity contribution in [1.82, 2.24) is 15.0 Å². The van der Waals surface area contributed by atoms with Gasteiger partial charge in [-0.05, 0) is 73.5 Å². The van der Waals surface area contributed by atoms with Gasteiger partial charge in [0.1, 0.15) is 6.23 Å². The van der Waals surface area contributed by atoms with Gasteiger partial charge < -0.3 is 14.5 Å². The molecule has 2 saturated heterocycles. The lowest BCUT2D eigenvalue weighted by Crippen LogP contribution is -2.45. The number of carbonyl (C=O) groups is 2. The van der Waals surface area contributed by atoms with Crippen molar-refractivity contribution in [2.24, 2.45) is 5.92 Å². The molecule has 3 heterocycles. The van der Waals surface area contributed by atoms with Crippen LogP contribution in [0.1, 0.15) is 83.1 Å². The highest BCUT2D eigenvalue weighted by atomic mass is 32.2. The number of H-pyrrole nitrogens is 1. The van der Waals surface area contributed by atoms with Crippen molar-refractivity contribution >= 4 is 49.3 Å².